The second-order valence-electron chi connectivity index (χ2n) is 6.44. The van der Waals surface area contributed by atoms with Crippen LogP contribution in [-0.2, 0) is 14.9 Å². The lowest BCUT2D eigenvalue weighted by atomic mass is 9.93. The lowest BCUT2D eigenvalue weighted by Gasteiger charge is -2.30. The molecular weight excluding hydrogens is 307 g/mol. The van der Waals surface area contributed by atoms with Gasteiger partial charge in [0, 0.05) is 18.1 Å². The van der Waals surface area contributed by atoms with Crippen molar-refractivity contribution in [2.75, 3.05) is 12.8 Å². The highest BCUT2D eigenvalue weighted by molar-refractivity contribution is 7.72. The molecule has 120 valence electrons. The predicted molar refractivity (Wildman–Crippen MR) is 91.7 cm³/mol. The normalized spacial score (nSPS) is 35.0. The molecule has 2 aromatic rings. The van der Waals surface area contributed by atoms with E-state index in [4.69, 9.17) is 4.74 Å². The summed E-state index contributed by atoms with van der Waals surface area (Å²) in [5.41, 5.74) is 0.478. The number of hydrogen-bond acceptors (Lipinski definition) is 3. The van der Waals surface area contributed by atoms with E-state index in [1.807, 2.05) is 61.5 Å². The molecule has 3 nitrogen and oxygen atoms in total. The zero-order chi connectivity index (χ0) is 16.1. The summed E-state index contributed by atoms with van der Waals surface area (Å²) in [7, 11) is -2.74. The van der Waals surface area contributed by atoms with E-state index in [9.17, 15) is 9.67 Å². The topological polar surface area (TPSA) is 46.5 Å². The summed E-state index contributed by atoms with van der Waals surface area (Å²) in [6.07, 6.45) is 0.773. The molecule has 0 amide bonds. The van der Waals surface area contributed by atoms with Crippen LogP contribution in [0.2, 0.25) is 0 Å². The Morgan fingerprint density at radius 2 is 1.87 bits per heavy atom. The van der Waals surface area contributed by atoms with Crippen LogP contribution >= 0.6 is 7.14 Å². The molecule has 4 atom stereocenters. The summed E-state index contributed by atoms with van der Waals surface area (Å²) in [5.74, 6) is 0. The lowest BCUT2D eigenvalue weighted by molar-refractivity contribution is -0.00888. The van der Waals surface area contributed by atoms with Crippen LogP contribution in [-0.4, -0.2) is 23.5 Å². The predicted octanol–water partition coefficient (Wildman–Crippen LogP) is 3.43. The molecule has 2 aliphatic rings. The van der Waals surface area contributed by atoms with Gasteiger partial charge < -0.3 is 14.4 Å². The summed E-state index contributed by atoms with van der Waals surface area (Å²) in [5, 5.41) is 12.3. The number of ether oxygens (including phenoxy) is 1. The van der Waals surface area contributed by atoms with Gasteiger partial charge in [0.2, 0.25) is 0 Å². The zero-order valence-electron chi connectivity index (χ0n) is 13.2. The largest absolute Gasteiger partial charge is 0.384 e. The Kier molecular flexibility index (Phi) is 3.49. The Labute approximate surface area is 136 Å². The van der Waals surface area contributed by atoms with Gasteiger partial charge in [0.05, 0.1) is 11.8 Å². The van der Waals surface area contributed by atoms with Gasteiger partial charge in [0.1, 0.15) is 12.7 Å². The molecule has 0 saturated carbocycles. The molecule has 2 aromatic carbocycles. The average molecular weight is 328 g/mol. The van der Waals surface area contributed by atoms with Crippen molar-refractivity contribution in [3.8, 4) is 0 Å². The van der Waals surface area contributed by atoms with Crippen LogP contribution in [0.25, 0.3) is 0 Å². The van der Waals surface area contributed by atoms with E-state index in [1.165, 1.54) is 0 Å². The van der Waals surface area contributed by atoms with E-state index in [1.54, 1.807) is 0 Å². The van der Waals surface area contributed by atoms with Gasteiger partial charge in [-0.15, -0.1) is 0 Å². The van der Waals surface area contributed by atoms with Crippen molar-refractivity contribution in [1.29, 1.82) is 0 Å². The van der Waals surface area contributed by atoms with Crippen LogP contribution in [0.15, 0.2) is 54.6 Å². The first kappa shape index (κ1) is 15.1. The third-order valence-corrected chi connectivity index (χ3v) is 8.98. The molecule has 4 heteroatoms. The highest BCUT2D eigenvalue weighted by Gasteiger charge is 2.63. The molecule has 1 aliphatic heterocycles. The first-order chi connectivity index (χ1) is 11.1. The van der Waals surface area contributed by atoms with Gasteiger partial charge in [-0.1, -0.05) is 54.6 Å². The standard InChI is InChI=1S/C19H21O3P/c1-2-22-17-15-10-6-7-11-16(15)19(20)12-13-23(21,18(17)19)14-8-4-3-5-9-14/h3-11,17-18,20H,2,12-13H2,1H3. The molecule has 0 radical (unpaired) electrons. The van der Waals surface area contributed by atoms with Gasteiger partial charge in [0.25, 0.3) is 0 Å². The van der Waals surface area contributed by atoms with E-state index in [0.29, 0.717) is 19.2 Å². The molecule has 0 spiro atoms. The summed E-state index contributed by atoms with van der Waals surface area (Å²) < 4.78 is 19.9. The SMILES string of the molecule is CCOC1c2ccccc2C2(O)CCP(=O)(c3ccccc3)C12. The third-order valence-electron chi connectivity index (χ3n) is 5.32. The van der Waals surface area contributed by atoms with Crippen molar-refractivity contribution >= 4 is 12.4 Å². The summed E-state index contributed by atoms with van der Waals surface area (Å²) >= 11 is 0. The van der Waals surface area contributed by atoms with Crippen molar-refractivity contribution in [3.63, 3.8) is 0 Å². The Bertz CT molecular complexity index is 773. The van der Waals surface area contributed by atoms with Crippen LogP contribution in [0, 0.1) is 0 Å². The van der Waals surface area contributed by atoms with Gasteiger partial charge in [-0.3, -0.25) is 0 Å². The van der Waals surface area contributed by atoms with Crippen molar-refractivity contribution < 1.29 is 14.4 Å². The second kappa shape index (κ2) is 5.31. The molecule has 4 rings (SSSR count). The van der Waals surface area contributed by atoms with Crippen LogP contribution in [0.4, 0.5) is 0 Å². The monoisotopic (exact) mass is 328 g/mol. The molecule has 0 bridgehead atoms. The molecular formula is C19H21O3P. The third kappa shape index (κ3) is 2.00. The summed E-state index contributed by atoms with van der Waals surface area (Å²) in [6, 6.07) is 17.5. The minimum Gasteiger partial charge on any atom is -0.384 e. The van der Waals surface area contributed by atoms with Crippen molar-refractivity contribution in [2.45, 2.75) is 30.7 Å². The summed E-state index contributed by atoms with van der Waals surface area (Å²) in [6.45, 7) is 2.49. The first-order valence-corrected chi connectivity index (χ1v) is 10.1. The van der Waals surface area contributed by atoms with Crippen LogP contribution in [0.3, 0.4) is 0 Å². The fraction of sp³-hybridized carbons (Fsp3) is 0.368. The summed E-state index contributed by atoms with van der Waals surface area (Å²) in [4.78, 5) is 0. The number of fused-ring (bicyclic) bond motifs is 3. The van der Waals surface area contributed by atoms with Gasteiger partial charge in [-0.05, 0) is 24.5 Å². The van der Waals surface area contributed by atoms with E-state index < -0.39 is 12.7 Å². The van der Waals surface area contributed by atoms with Gasteiger partial charge >= 0.3 is 0 Å². The molecule has 23 heavy (non-hydrogen) atoms. The van der Waals surface area contributed by atoms with Gasteiger partial charge in [-0.25, -0.2) is 0 Å². The average Bonchev–Trinajstić information content (AvgIpc) is 3.01. The molecule has 1 N–H and O–H groups in total. The minimum absolute atomic E-state index is 0.297. The Hall–Kier alpha value is -1.41. The second-order valence-corrected chi connectivity index (χ2v) is 9.55. The van der Waals surface area contributed by atoms with Gasteiger partial charge in [-0.2, -0.15) is 0 Å². The van der Waals surface area contributed by atoms with Crippen molar-refractivity contribution in [2.24, 2.45) is 0 Å². The highest BCUT2D eigenvalue weighted by atomic mass is 31.2. The number of aliphatic hydroxyl groups is 1. The van der Waals surface area contributed by atoms with E-state index in [2.05, 4.69) is 0 Å². The molecule has 1 saturated heterocycles. The molecule has 1 fully saturated rings. The van der Waals surface area contributed by atoms with E-state index in [-0.39, 0.29) is 11.8 Å². The maximum Gasteiger partial charge on any atom is 0.124 e. The van der Waals surface area contributed by atoms with E-state index >= 15 is 0 Å². The fourth-order valence-electron chi connectivity index (χ4n) is 4.37. The molecule has 1 aliphatic carbocycles. The Morgan fingerprint density at radius 3 is 2.61 bits per heavy atom. The highest BCUT2D eigenvalue weighted by Crippen LogP contribution is 2.71. The lowest BCUT2D eigenvalue weighted by Crippen LogP contribution is -2.34. The van der Waals surface area contributed by atoms with Crippen LogP contribution in [0.1, 0.15) is 30.6 Å². The molecule has 0 aromatic heterocycles. The van der Waals surface area contributed by atoms with Gasteiger partial charge in [0.15, 0.2) is 0 Å². The Balaban J connectivity index is 1.90. The number of benzene rings is 2. The Morgan fingerprint density at radius 1 is 1.17 bits per heavy atom. The minimum atomic E-state index is -2.74. The quantitative estimate of drug-likeness (QED) is 0.878. The number of hydrogen-bond donors (Lipinski definition) is 1. The van der Waals surface area contributed by atoms with Crippen LogP contribution in [0.5, 0.6) is 0 Å². The zero-order valence-corrected chi connectivity index (χ0v) is 14.1. The maximum absolute atomic E-state index is 13.9. The van der Waals surface area contributed by atoms with Crippen LogP contribution < -0.4 is 5.30 Å². The van der Waals surface area contributed by atoms with E-state index in [0.717, 1.165) is 16.4 Å². The fourth-order valence-corrected chi connectivity index (χ4v) is 8.22. The smallest absolute Gasteiger partial charge is 0.124 e. The van der Waals surface area contributed by atoms with Crippen molar-refractivity contribution in [1.82, 2.24) is 0 Å². The maximum atomic E-state index is 13.9. The number of rotatable bonds is 3. The molecule has 4 unspecified atom stereocenters. The first-order valence-electron chi connectivity index (χ1n) is 8.19. The van der Waals surface area contributed by atoms with Crippen molar-refractivity contribution in [3.05, 3.63) is 65.7 Å². The molecule has 1 heterocycles.